The molecule has 5 rings (SSSR count). The van der Waals surface area contributed by atoms with Crippen molar-refractivity contribution in [3.05, 3.63) is 65.4 Å². The van der Waals surface area contributed by atoms with E-state index in [1.165, 1.54) is 10.6 Å². The Labute approximate surface area is 223 Å². The number of aromatic nitrogens is 1. The molecule has 0 aliphatic carbocycles. The van der Waals surface area contributed by atoms with Crippen molar-refractivity contribution in [3.8, 4) is 6.07 Å². The van der Waals surface area contributed by atoms with E-state index in [0.717, 1.165) is 27.5 Å². The predicted molar refractivity (Wildman–Crippen MR) is 145 cm³/mol. The monoisotopic (exact) mass is 532 g/mol. The lowest BCUT2D eigenvalue weighted by molar-refractivity contribution is -0.132. The molecule has 2 aliphatic heterocycles. The molecule has 9 heteroatoms. The van der Waals surface area contributed by atoms with Crippen molar-refractivity contribution < 1.29 is 18.4 Å². The second-order valence-electron chi connectivity index (χ2n) is 9.77. The van der Waals surface area contributed by atoms with Crippen LogP contribution in [-0.2, 0) is 4.79 Å². The minimum absolute atomic E-state index is 0.140. The Morgan fingerprint density at radius 2 is 2.03 bits per heavy atom. The lowest BCUT2D eigenvalue weighted by Crippen LogP contribution is -2.36. The van der Waals surface area contributed by atoms with Gasteiger partial charge in [0, 0.05) is 48.4 Å². The molecule has 2 aromatic carbocycles. The van der Waals surface area contributed by atoms with Crippen LogP contribution in [0.2, 0.25) is 0 Å². The van der Waals surface area contributed by atoms with Crippen molar-refractivity contribution in [2.75, 3.05) is 24.4 Å². The van der Waals surface area contributed by atoms with Gasteiger partial charge in [-0.1, -0.05) is 18.2 Å². The van der Waals surface area contributed by atoms with Crippen molar-refractivity contribution in [2.24, 2.45) is 0 Å². The van der Waals surface area contributed by atoms with Crippen LogP contribution >= 0.6 is 11.8 Å². The highest BCUT2D eigenvalue weighted by molar-refractivity contribution is 7.99. The maximum Gasteiger partial charge on any atom is 0.268 e. The van der Waals surface area contributed by atoms with E-state index < -0.39 is 30.8 Å². The number of nitriles is 1. The fraction of sp³-hybridized carbons (Fsp3) is 0.310. The first-order valence-electron chi connectivity index (χ1n) is 12.3. The minimum atomic E-state index is -3.08. The number of benzene rings is 2. The van der Waals surface area contributed by atoms with Crippen LogP contribution < -0.4 is 4.90 Å². The third kappa shape index (κ3) is 5.14. The van der Waals surface area contributed by atoms with Gasteiger partial charge in [0.25, 0.3) is 5.92 Å². The van der Waals surface area contributed by atoms with Crippen LogP contribution in [0.25, 0.3) is 22.6 Å². The molecule has 6 nitrogen and oxygen atoms in total. The van der Waals surface area contributed by atoms with Crippen LogP contribution in [0.4, 0.5) is 14.5 Å². The van der Waals surface area contributed by atoms with Crippen molar-refractivity contribution in [3.63, 3.8) is 0 Å². The number of hydrogen-bond acceptors (Lipinski definition) is 6. The molecular formula is C29H26F2N4O2S. The molecule has 1 atom stereocenters. The molecule has 2 aliphatic rings. The second-order valence-corrected chi connectivity index (χ2v) is 10.8. The molecule has 0 N–H and O–H groups in total. The van der Waals surface area contributed by atoms with E-state index in [0.29, 0.717) is 16.5 Å². The molecule has 38 heavy (non-hydrogen) atoms. The van der Waals surface area contributed by atoms with Crippen LogP contribution in [0, 0.1) is 11.3 Å². The van der Waals surface area contributed by atoms with Gasteiger partial charge in [-0.05, 0) is 54.0 Å². The van der Waals surface area contributed by atoms with E-state index in [1.807, 2.05) is 36.9 Å². The summed E-state index contributed by atoms with van der Waals surface area (Å²) in [5.41, 5.74) is 5.42. The first-order chi connectivity index (χ1) is 18.1. The Morgan fingerprint density at radius 3 is 2.82 bits per heavy atom. The summed E-state index contributed by atoms with van der Waals surface area (Å²) in [5.74, 6) is -3.04. The predicted octanol–water partition coefficient (Wildman–Crippen LogP) is 6.02. The van der Waals surface area contributed by atoms with Gasteiger partial charge in [-0.25, -0.2) is 8.78 Å². The molecule has 3 aromatic rings. The highest BCUT2D eigenvalue weighted by atomic mass is 32.2. The molecule has 0 saturated carbocycles. The number of allylic oxidation sites excluding steroid dienone is 1. The Hall–Kier alpha value is -3.77. The van der Waals surface area contributed by atoms with Gasteiger partial charge in [0.15, 0.2) is 5.78 Å². The Kier molecular flexibility index (Phi) is 6.93. The maximum absolute atomic E-state index is 13.7. The molecule has 0 radical (unpaired) electrons. The van der Waals surface area contributed by atoms with Gasteiger partial charge in [-0.3, -0.25) is 14.6 Å². The summed E-state index contributed by atoms with van der Waals surface area (Å²) in [6, 6.07) is 14.3. The van der Waals surface area contributed by atoms with E-state index in [-0.39, 0.29) is 18.6 Å². The third-order valence-corrected chi connectivity index (χ3v) is 8.15. The number of hydrogen-bond donors (Lipinski definition) is 0. The number of halogens is 2. The third-order valence-electron chi connectivity index (χ3n) is 6.99. The Balaban J connectivity index is 1.35. The number of thioether (sulfide) groups is 1. The highest BCUT2D eigenvalue weighted by Crippen LogP contribution is 2.39. The number of ketones is 1. The summed E-state index contributed by atoms with van der Waals surface area (Å²) >= 11 is 1.81. The number of rotatable bonds is 6. The van der Waals surface area contributed by atoms with Gasteiger partial charge >= 0.3 is 0 Å². The number of fused-ring (bicyclic) bond motifs is 2. The number of nitrogens with zero attached hydrogens (tertiary/aromatic N) is 4. The molecule has 0 spiro atoms. The van der Waals surface area contributed by atoms with Crippen LogP contribution in [-0.4, -0.2) is 53.0 Å². The number of amides is 1. The molecule has 0 bridgehead atoms. The van der Waals surface area contributed by atoms with Crippen LogP contribution in [0.15, 0.2) is 53.6 Å². The number of carbonyl (C=O) groups is 2. The maximum atomic E-state index is 13.7. The summed E-state index contributed by atoms with van der Waals surface area (Å²) < 4.78 is 27.4. The zero-order chi connectivity index (χ0) is 27.0. The van der Waals surface area contributed by atoms with E-state index >= 15 is 0 Å². The summed E-state index contributed by atoms with van der Waals surface area (Å²) in [6.07, 6.45) is 2.56. The van der Waals surface area contributed by atoms with E-state index in [1.54, 1.807) is 18.3 Å². The minimum Gasteiger partial charge on any atom is -0.364 e. The fourth-order valence-corrected chi connectivity index (χ4v) is 6.00. The normalized spacial score (nSPS) is 18.5. The van der Waals surface area contributed by atoms with Gasteiger partial charge < -0.3 is 9.80 Å². The van der Waals surface area contributed by atoms with Crippen LogP contribution in [0.5, 0.6) is 0 Å². The second kappa shape index (κ2) is 10.2. The summed E-state index contributed by atoms with van der Waals surface area (Å²) in [7, 11) is 2.08. The number of pyridine rings is 1. The van der Waals surface area contributed by atoms with Gasteiger partial charge in [0.2, 0.25) is 5.91 Å². The molecule has 1 aromatic heterocycles. The molecule has 3 heterocycles. The molecular weight excluding hydrogens is 506 g/mol. The quantitative estimate of drug-likeness (QED) is 0.286. The highest BCUT2D eigenvalue weighted by Gasteiger charge is 2.47. The van der Waals surface area contributed by atoms with E-state index in [2.05, 4.69) is 41.2 Å². The number of anilines is 1. The zero-order valence-electron chi connectivity index (χ0n) is 21.1. The summed E-state index contributed by atoms with van der Waals surface area (Å²) in [6.45, 7) is 1.26. The Bertz CT molecular complexity index is 1510. The fourth-order valence-electron chi connectivity index (χ4n) is 4.95. The summed E-state index contributed by atoms with van der Waals surface area (Å²) in [4.78, 5) is 34.4. The molecule has 1 fully saturated rings. The van der Waals surface area contributed by atoms with Crippen LogP contribution in [0.3, 0.4) is 0 Å². The number of Topliss-reactive ketones (excluding diaryl/α,β-unsaturated/α-hetero) is 1. The summed E-state index contributed by atoms with van der Waals surface area (Å²) in [5, 5.41) is 9.81. The molecule has 1 saturated heterocycles. The van der Waals surface area contributed by atoms with Crippen LogP contribution in [0.1, 0.15) is 47.7 Å². The average molecular weight is 533 g/mol. The largest absolute Gasteiger partial charge is 0.364 e. The first kappa shape index (κ1) is 25.9. The number of carbonyl (C=O) groups excluding carboxylic acids is 2. The standard InChI is InChI=1S/C29H26F2N4O2S/c1-18(20-4-6-25-27(13-20)38-17-34(25)2)11-19-3-5-24-23(12-19)22(9-10-33-24)26(36)7-8-28(37)35-16-29(30,31)14-21(35)15-32/h3-6,9-13,21H,7-8,14,16-17H2,1-2H3/b18-11+/t21-/m0/s1. The molecule has 1 amide bonds. The SMILES string of the molecule is C/C(=C\c1ccc2nccc(C(=O)CCC(=O)N3CC(F)(F)C[C@H]3C#N)c2c1)c1ccc2c(c1)SCN2C. The first-order valence-corrected chi connectivity index (χ1v) is 13.3. The average Bonchev–Trinajstić information content (AvgIpc) is 3.44. The van der Waals surface area contributed by atoms with Crippen molar-refractivity contribution in [1.82, 2.24) is 9.88 Å². The number of alkyl halides is 2. The smallest absolute Gasteiger partial charge is 0.268 e. The zero-order valence-corrected chi connectivity index (χ0v) is 21.9. The van der Waals surface area contributed by atoms with Gasteiger partial charge in [-0.15, -0.1) is 11.8 Å². The number of likely N-dealkylation sites (tertiary alicyclic amines) is 1. The molecule has 0 unspecified atom stereocenters. The van der Waals surface area contributed by atoms with Crippen molar-refractivity contribution in [2.45, 2.75) is 43.0 Å². The lowest BCUT2D eigenvalue weighted by atomic mass is 9.98. The Morgan fingerprint density at radius 1 is 1.21 bits per heavy atom. The molecule has 194 valence electrons. The van der Waals surface area contributed by atoms with Gasteiger partial charge in [0.05, 0.1) is 29.7 Å². The van der Waals surface area contributed by atoms with E-state index in [4.69, 9.17) is 5.26 Å². The van der Waals surface area contributed by atoms with Gasteiger partial charge in [0.1, 0.15) is 6.04 Å². The topological polar surface area (TPSA) is 77.3 Å². The van der Waals surface area contributed by atoms with Crippen molar-refractivity contribution >= 4 is 51.7 Å². The van der Waals surface area contributed by atoms with E-state index in [9.17, 15) is 18.4 Å². The van der Waals surface area contributed by atoms with Gasteiger partial charge in [-0.2, -0.15) is 5.26 Å². The lowest BCUT2D eigenvalue weighted by Gasteiger charge is -2.18. The van der Waals surface area contributed by atoms with Crippen molar-refractivity contribution in [1.29, 1.82) is 5.26 Å².